The fraction of sp³-hybridized carbons (Fsp3) is 0.529. The number of hydrogen-bond acceptors (Lipinski definition) is 3. The Hall–Kier alpha value is -1.88. The van der Waals surface area contributed by atoms with Crippen molar-refractivity contribution in [3.63, 3.8) is 0 Å². The number of carbonyl (C=O) groups excluding carboxylic acids is 1. The lowest BCUT2D eigenvalue weighted by Gasteiger charge is -2.34. The maximum absolute atomic E-state index is 11.2. The lowest BCUT2D eigenvalue weighted by atomic mass is 9.99. The van der Waals surface area contributed by atoms with Crippen LogP contribution >= 0.6 is 0 Å². The Bertz CT molecular complexity index is 587. The largest absolute Gasteiger partial charge is 0.311 e. The quantitative estimate of drug-likeness (QED) is 0.870. The maximum Gasteiger partial charge on any atom is 0.222 e. The summed E-state index contributed by atoms with van der Waals surface area (Å²) in [5.41, 5.74) is 1.38. The van der Waals surface area contributed by atoms with Gasteiger partial charge >= 0.3 is 0 Å². The van der Waals surface area contributed by atoms with Gasteiger partial charge < -0.3 is 5.32 Å². The van der Waals surface area contributed by atoms with E-state index in [1.165, 1.54) is 31.8 Å². The number of nitrogens with one attached hydrogen (secondary N) is 1. The maximum atomic E-state index is 11.2. The van der Waals surface area contributed by atoms with Gasteiger partial charge in [-0.3, -0.25) is 9.69 Å². The van der Waals surface area contributed by atoms with E-state index in [4.69, 9.17) is 0 Å². The Morgan fingerprint density at radius 2 is 2.36 bits per heavy atom. The standard InChI is InChI=1S/C17H24N4O/c1-14(22)19-17-9-10-18-21(17)13-15-6-5-11-20(12-15)16-7-3-2-4-8-16/h3,6-7,9-10,16H,2,4-5,8,11-13H2,1H3,(H,19,22)/t16-/m1/s1. The fourth-order valence-electron chi connectivity index (χ4n) is 3.27. The van der Waals surface area contributed by atoms with Crippen molar-refractivity contribution in [2.75, 3.05) is 18.4 Å². The Balaban J connectivity index is 1.64. The number of aromatic nitrogens is 2. The molecule has 5 nitrogen and oxygen atoms in total. The summed E-state index contributed by atoms with van der Waals surface area (Å²) in [6.45, 7) is 4.40. The predicted octanol–water partition coefficient (Wildman–Crippen LogP) is 2.58. The van der Waals surface area contributed by atoms with Crippen LogP contribution in [0.1, 0.15) is 32.6 Å². The first-order valence-electron chi connectivity index (χ1n) is 8.10. The van der Waals surface area contributed by atoms with Crippen molar-refractivity contribution in [2.45, 2.75) is 45.2 Å². The van der Waals surface area contributed by atoms with Crippen LogP contribution in [0.4, 0.5) is 5.82 Å². The molecule has 5 heteroatoms. The molecular weight excluding hydrogens is 276 g/mol. The van der Waals surface area contributed by atoms with Crippen molar-refractivity contribution in [2.24, 2.45) is 0 Å². The molecule has 0 aromatic carbocycles. The fourth-order valence-corrected chi connectivity index (χ4v) is 3.27. The molecule has 118 valence electrons. The molecule has 1 aromatic heterocycles. The summed E-state index contributed by atoms with van der Waals surface area (Å²) in [5.74, 6) is 0.705. The minimum atomic E-state index is -0.0617. The van der Waals surface area contributed by atoms with Crippen LogP contribution in [-0.4, -0.2) is 39.7 Å². The van der Waals surface area contributed by atoms with Gasteiger partial charge in [0.25, 0.3) is 0 Å². The molecule has 0 saturated carbocycles. The van der Waals surface area contributed by atoms with E-state index in [2.05, 4.69) is 33.5 Å². The molecule has 1 atom stereocenters. The molecule has 1 aliphatic heterocycles. The van der Waals surface area contributed by atoms with E-state index in [0.717, 1.165) is 31.9 Å². The number of carbonyl (C=O) groups is 1. The summed E-state index contributed by atoms with van der Waals surface area (Å²) in [6.07, 6.45) is 13.6. The van der Waals surface area contributed by atoms with Crippen molar-refractivity contribution in [1.29, 1.82) is 0 Å². The number of amides is 1. The lowest BCUT2D eigenvalue weighted by molar-refractivity contribution is -0.114. The SMILES string of the molecule is CC(=O)Nc1ccnn1CC1=CCCN([C@@H]2C=CCCC2)C1. The molecule has 1 aliphatic carbocycles. The van der Waals surface area contributed by atoms with E-state index in [-0.39, 0.29) is 5.91 Å². The molecule has 0 unspecified atom stereocenters. The second-order valence-corrected chi connectivity index (χ2v) is 6.10. The van der Waals surface area contributed by atoms with Crippen molar-refractivity contribution in [3.05, 3.63) is 36.1 Å². The topological polar surface area (TPSA) is 50.2 Å². The normalized spacial score (nSPS) is 22.4. The second kappa shape index (κ2) is 6.92. The molecule has 1 amide bonds. The van der Waals surface area contributed by atoms with Crippen LogP contribution in [0.15, 0.2) is 36.1 Å². The second-order valence-electron chi connectivity index (χ2n) is 6.10. The molecule has 0 bridgehead atoms. The summed E-state index contributed by atoms with van der Waals surface area (Å²) < 4.78 is 1.87. The third-order valence-corrected chi connectivity index (χ3v) is 4.33. The molecule has 1 aromatic rings. The van der Waals surface area contributed by atoms with E-state index < -0.39 is 0 Å². The predicted molar refractivity (Wildman–Crippen MR) is 87.6 cm³/mol. The molecule has 2 aliphatic rings. The van der Waals surface area contributed by atoms with Gasteiger partial charge in [0.05, 0.1) is 12.7 Å². The minimum Gasteiger partial charge on any atom is -0.311 e. The van der Waals surface area contributed by atoms with E-state index in [9.17, 15) is 4.79 Å². The number of allylic oxidation sites excluding steroid dienone is 1. The van der Waals surface area contributed by atoms with Crippen LogP contribution < -0.4 is 5.32 Å². The Morgan fingerprint density at radius 1 is 1.45 bits per heavy atom. The number of nitrogens with zero attached hydrogens (tertiary/aromatic N) is 3. The van der Waals surface area contributed by atoms with E-state index in [1.54, 1.807) is 6.20 Å². The Morgan fingerprint density at radius 3 is 3.14 bits per heavy atom. The smallest absolute Gasteiger partial charge is 0.222 e. The van der Waals surface area contributed by atoms with Crippen LogP contribution in [0.5, 0.6) is 0 Å². The van der Waals surface area contributed by atoms with Gasteiger partial charge in [0.15, 0.2) is 0 Å². The van der Waals surface area contributed by atoms with Crippen LogP contribution in [0.2, 0.25) is 0 Å². The number of rotatable bonds is 4. The number of anilines is 1. The van der Waals surface area contributed by atoms with Crippen molar-refractivity contribution in [1.82, 2.24) is 14.7 Å². The highest BCUT2D eigenvalue weighted by Gasteiger charge is 2.21. The van der Waals surface area contributed by atoms with Gasteiger partial charge in [0.1, 0.15) is 5.82 Å². The molecule has 1 N–H and O–H groups in total. The van der Waals surface area contributed by atoms with Gasteiger partial charge in [0, 0.05) is 32.1 Å². The molecule has 3 rings (SSSR count). The highest BCUT2D eigenvalue weighted by Crippen LogP contribution is 2.22. The molecule has 22 heavy (non-hydrogen) atoms. The van der Waals surface area contributed by atoms with Gasteiger partial charge in [-0.05, 0) is 31.3 Å². The zero-order valence-corrected chi connectivity index (χ0v) is 13.2. The molecule has 0 fully saturated rings. The third kappa shape index (κ3) is 3.65. The van der Waals surface area contributed by atoms with Crippen LogP contribution in [0, 0.1) is 0 Å². The Labute approximate surface area is 131 Å². The molecule has 0 spiro atoms. The van der Waals surface area contributed by atoms with Gasteiger partial charge in [-0.2, -0.15) is 5.10 Å². The molecule has 0 radical (unpaired) electrons. The first-order valence-corrected chi connectivity index (χ1v) is 8.10. The third-order valence-electron chi connectivity index (χ3n) is 4.33. The molecular formula is C17H24N4O. The van der Waals surface area contributed by atoms with Gasteiger partial charge in [-0.15, -0.1) is 0 Å². The van der Waals surface area contributed by atoms with Crippen molar-refractivity contribution in [3.8, 4) is 0 Å². The zero-order chi connectivity index (χ0) is 15.4. The monoisotopic (exact) mass is 300 g/mol. The van der Waals surface area contributed by atoms with E-state index in [1.807, 2.05) is 10.7 Å². The average Bonchev–Trinajstić information content (AvgIpc) is 2.95. The molecule has 2 heterocycles. The van der Waals surface area contributed by atoms with Gasteiger partial charge in [-0.1, -0.05) is 18.2 Å². The first kappa shape index (κ1) is 15.0. The number of hydrogen-bond donors (Lipinski definition) is 1. The Kier molecular flexibility index (Phi) is 4.73. The summed E-state index contributed by atoms with van der Waals surface area (Å²) in [5, 5.41) is 7.16. The zero-order valence-electron chi connectivity index (χ0n) is 13.2. The highest BCUT2D eigenvalue weighted by molar-refractivity contribution is 5.87. The van der Waals surface area contributed by atoms with Crippen LogP contribution in [0.25, 0.3) is 0 Å². The molecule has 0 saturated heterocycles. The average molecular weight is 300 g/mol. The summed E-state index contributed by atoms with van der Waals surface area (Å²) >= 11 is 0. The van der Waals surface area contributed by atoms with Crippen LogP contribution in [-0.2, 0) is 11.3 Å². The van der Waals surface area contributed by atoms with Crippen molar-refractivity contribution >= 4 is 11.7 Å². The summed E-state index contributed by atoms with van der Waals surface area (Å²) in [4.78, 5) is 13.8. The van der Waals surface area contributed by atoms with Gasteiger partial charge in [0.2, 0.25) is 5.91 Å². The van der Waals surface area contributed by atoms with Crippen LogP contribution in [0.3, 0.4) is 0 Å². The minimum absolute atomic E-state index is 0.0617. The van der Waals surface area contributed by atoms with Crippen molar-refractivity contribution < 1.29 is 4.79 Å². The highest BCUT2D eigenvalue weighted by atomic mass is 16.1. The van der Waals surface area contributed by atoms with Gasteiger partial charge in [-0.25, -0.2) is 4.68 Å². The first-order chi connectivity index (χ1) is 10.7. The summed E-state index contributed by atoms with van der Waals surface area (Å²) in [7, 11) is 0. The summed E-state index contributed by atoms with van der Waals surface area (Å²) in [6, 6.07) is 2.43. The van der Waals surface area contributed by atoms with E-state index >= 15 is 0 Å². The van der Waals surface area contributed by atoms with E-state index in [0.29, 0.717) is 6.04 Å². The lowest BCUT2D eigenvalue weighted by Crippen LogP contribution is -2.39.